The number of amides is 1. The van der Waals surface area contributed by atoms with Crippen molar-refractivity contribution in [3.8, 4) is 0 Å². The van der Waals surface area contributed by atoms with Crippen LogP contribution >= 0.6 is 0 Å². The van der Waals surface area contributed by atoms with Gasteiger partial charge in [-0.1, -0.05) is 6.07 Å². The molecule has 1 aliphatic rings. The molecule has 0 saturated carbocycles. The van der Waals surface area contributed by atoms with Gasteiger partial charge in [0.2, 0.25) is 5.91 Å². The van der Waals surface area contributed by atoms with Gasteiger partial charge in [0.1, 0.15) is 5.69 Å². The van der Waals surface area contributed by atoms with Crippen molar-refractivity contribution in [2.45, 2.75) is 32.7 Å². The summed E-state index contributed by atoms with van der Waals surface area (Å²) in [7, 11) is 0. The molecular weight excluding hydrogens is 264 g/mol. The summed E-state index contributed by atoms with van der Waals surface area (Å²) < 4.78 is 0. The lowest BCUT2D eigenvalue weighted by atomic mass is 10.0. The molecule has 106 valence electrons. The summed E-state index contributed by atoms with van der Waals surface area (Å²) >= 11 is 0. The van der Waals surface area contributed by atoms with Gasteiger partial charge >= 0.3 is 5.97 Å². The van der Waals surface area contributed by atoms with Crippen molar-refractivity contribution in [1.82, 2.24) is 0 Å². The van der Waals surface area contributed by atoms with Gasteiger partial charge in [-0.3, -0.25) is 19.7 Å². The van der Waals surface area contributed by atoms with E-state index in [1.165, 1.54) is 17.9 Å². The van der Waals surface area contributed by atoms with Gasteiger partial charge in [0, 0.05) is 19.0 Å². The number of nitro groups is 1. The van der Waals surface area contributed by atoms with Crippen LogP contribution in [0, 0.1) is 10.1 Å². The molecule has 20 heavy (non-hydrogen) atoms. The summed E-state index contributed by atoms with van der Waals surface area (Å²) in [4.78, 5) is 34.4. The van der Waals surface area contributed by atoms with E-state index in [9.17, 15) is 19.7 Å². The molecule has 1 aromatic rings. The molecule has 7 heteroatoms. The first-order valence-corrected chi connectivity index (χ1v) is 6.13. The number of carboxylic acids is 1. The number of carboxylic acid groups (broad SMARTS) is 1. The third-order valence-corrected chi connectivity index (χ3v) is 3.32. The molecule has 1 aliphatic heterocycles. The predicted octanol–water partition coefficient (Wildman–Crippen LogP) is 1.52. The number of fused-ring (bicyclic) bond motifs is 1. The van der Waals surface area contributed by atoms with Gasteiger partial charge in [0.25, 0.3) is 5.69 Å². The van der Waals surface area contributed by atoms with Crippen LogP contribution in [0.1, 0.15) is 25.0 Å². The minimum atomic E-state index is -1.05. The van der Waals surface area contributed by atoms with E-state index in [0.29, 0.717) is 23.2 Å². The molecule has 1 atom stereocenters. The maximum absolute atomic E-state index is 11.7. The highest BCUT2D eigenvalue weighted by Crippen LogP contribution is 2.40. The molecule has 0 saturated heterocycles. The zero-order valence-corrected chi connectivity index (χ0v) is 11.1. The van der Waals surface area contributed by atoms with Crippen molar-refractivity contribution >= 4 is 23.3 Å². The third-order valence-electron chi connectivity index (χ3n) is 3.32. The van der Waals surface area contributed by atoms with E-state index in [1.54, 1.807) is 6.07 Å². The lowest BCUT2D eigenvalue weighted by Gasteiger charge is -2.20. The molecule has 7 nitrogen and oxygen atoms in total. The highest BCUT2D eigenvalue weighted by molar-refractivity contribution is 5.97. The largest absolute Gasteiger partial charge is 0.481 e. The molecule has 0 spiro atoms. The molecule has 0 radical (unpaired) electrons. The molecule has 0 aromatic heterocycles. The van der Waals surface area contributed by atoms with Crippen LogP contribution in [0.3, 0.4) is 0 Å². The zero-order valence-electron chi connectivity index (χ0n) is 11.1. The van der Waals surface area contributed by atoms with Crippen molar-refractivity contribution in [3.63, 3.8) is 0 Å². The molecule has 0 aliphatic carbocycles. The number of aliphatic carboxylic acids is 1. The Morgan fingerprint density at radius 1 is 1.50 bits per heavy atom. The quantitative estimate of drug-likeness (QED) is 0.667. The highest BCUT2D eigenvalue weighted by Gasteiger charge is 2.36. The van der Waals surface area contributed by atoms with Crippen molar-refractivity contribution in [2.24, 2.45) is 0 Å². The number of carbonyl (C=O) groups is 2. The summed E-state index contributed by atoms with van der Waals surface area (Å²) in [5, 5.41) is 20.0. The monoisotopic (exact) mass is 278 g/mol. The number of nitro benzene ring substituents is 1. The van der Waals surface area contributed by atoms with Crippen LogP contribution in [0.5, 0.6) is 0 Å². The second-order valence-corrected chi connectivity index (χ2v) is 4.89. The van der Waals surface area contributed by atoms with Gasteiger partial charge in [0.05, 0.1) is 11.3 Å². The van der Waals surface area contributed by atoms with Gasteiger partial charge in [-0.05, 0) is 24.5 Å². The molecular formula is C13H14N2O5. The molecule has 2 rings (SSSR count). The van der Waals surface area contributed by atoms with E-state index in [4.69, 9.17) is 5.11 Å². The fraction of sp³-hybridized carbons (Fsp3) is 0.385. The van der Waals surface area contributed by atoms with Gasteiger partial charge in [-0.15, -0.1) is 0 Å². The first kappa shape index (κ1) is 14.0. The Balaban J connectivity index is 2.60. The van der Waals surface area contributed by atoms with E-state index in [1.807, 2.05) is 6.92 Å². The minimum absolute atomic E-state index is 0.165. The van der Waals surface area contributed by atoms with Gasteiger partial charge in [0.15, 0.2) is 0 Å². The minimum Gasteiger partial charge on any atom is -0.481 e. The smallest absolute Gasteiger partial charge is 0.307 e. The molecule has 1 amide bonds. The molecule has 1 unspecified atom stereocenters. The van der Waals surface area contributed by atoms with E-state index in [2.05, 4.69) is 0 Å². The van der Waals surface area contributed by atoms with Crippen LogP contribution in [-0.4, -0.2) is 27.9 Å². The molecule has 1 aromatic carbocycles. The number of carbonyl (C=O) groups excluding carboxylic acids is 1. The topological polar surface area (TPSA) is 101 Å². The van der Waals surface area contributed by atoms with E-state index in [-0.39, 0.29) is 24.1 Å². The zero-order chi connectivity index (χ0) is 15.0. The molecule has 1 heterocycles. The SMILES string of the molecule is CC(=O)N1c2c(cc(CC(=O)O)cc2[N+](=O)[O-])CC1C. The maximum Gasteiger partial charge on any atom is 0.307 e. The van der Waals surface area contributed by atoms with Crippen LogP contribution in [0.4, 0.5) is 11.4 Å². The van der Waals surface area contributed by atoms with Gasteiger partial charge in [-0.2, -0.15) is 0 Å². The lowest BCUT2D eigenvalue weighted by Crippen LogP contribution is -2.34. The summed E-state index contributed by atoms with van der Waals surface area (Å²) in [5.74, 6) is -1.31. The van der Waals surface area contributed by atoms with Crippen LogP contribution in [-0.2, 0) is 22.4 Å². The van der Waals surface area contributed by atoms with Crippen LogP contribution < -0.4 is 4.90 Å². The number of hydrogen-bond acceptors (Lipinski definition) is 4. The van der Waals surface area contributed by atoms with Crippen molar-refractivity contribution in [2.75, 3.05) is 4.90 Å². The Morgan fingerprint density at radius 3 is 2.65 bits per heavy atom. The summed E-state index contributed by atoms with van der Waals surface area (Å²) in [6.07, 6.45) is 0.214. The Kier molecular flexibility index (Phi) is 3.44. The average Bonchev–Trinajstić information content (AvgIpc) is 2.62. The standard InChI is InChI=1S/C13H14N2O5/c1-7-3-10-4-9(6-12(17)18)5-11(15(19)20)13(10)14(7)8(2)16/h4-5,7H,3,6H2,1-2H3,(H,17,18). The Bertz CT molecular complexity index is 611. The maximum atomic E-state index is 11.7. The number of nitrogens with zero attached hydrogens (tertiary/aromatic N) is 2. The molecule has 0 bridgehead atoms. The summed E-state index contributed by atoms with van der Waals surface area (Å²) in [5.41, 5.74) is 1.11. The molecule has 0 fully saturated rings. The fourth-order valence-corrected chi connectivity index (χ4v) is 2.69. The number of benzene rings is 1. The van der Waals surface area contributed by atoms with Gasteiger partial charge < -0.3 is 10.0 Å². The second-order valence-electron chi connectivity index (χ2n) is 4.89. The Morgan fingerprint density at radius 2 is 2.15 bits per heavy atom. The Hall–Kier alpha value is -2.44. The number of anilines is 1. The first-order chi connectivity index (χ1) is 9.31. The average molecular weight is 278 g/mol. The molecule has 1 N–H and O–H groups in total. The van der Waals surface area contributed by atoms with Crippen molar-refractivity contribution < 1.29 is 19.6 Å². The lowest BCUT2D eigenvalue weighted by molar-refractivity contribution is -0.384. The highest BCUT2D eigenvalue weighted by atomic mass is 16.6. The summed E-state index contributed by atoms with van der Waals surface area (Å²) in [6.45, 7) is 3.17. The van der Waals surface area contributed by atoms with E-state index < -0.39 is 10.9 Å². The normalized spacial score (nSPS) is 16.9. The third kappa shape index (κ3) is 2.34. The predicted molar refractivity (Wildman–Crippen MR) is 70.8 cm³/mol. The Labute approximate surface area is 115 Å². The van der Waals surface area contributed by atoms with Crippen LogP contribution in [0.25, 0.3) is 0 Å². The number of hydrogen-bond donors (Lipinski definition) is 1. The van der Waals surface area contributed by atoms with E-state index in [0.717, 1.165) is 0 Å². The second kappa shape index (κ2) is 4.92. The van der Waals surface area contributed by atoms with Crippen LogP contribution in [0.15, 0.2) is 12.1 Å². The first-order valence-electron chi connectivity index (χ1n) is 6.13. The number of rotatable bonds is 3. The fourth-order valence-electron chi connectivity index (χ4n) is 2.69. The van der Waals surface area contributed by atoms with E-state index >= 15 is 0 Å². The van der Waals surface area contributed by atoms with Gasteiger partial charge in [-0.25, -0.2) is 0 Å². The van der Waals surface area contributed by atoms with Crippen molar-refractivity contribution in [1.29, 1.82) is 0 Å². The summed E-state index contributed by atoms with van der Waals surface area (Å²) in [6, 6.07) is 2.71. The van der Waals surface area contributed by atoms with Crippen LogP contribution in [0.2, 0.25) is 0 Å². The van der Waals surface area contributed by atoms with Crippen molar-refractivity contribution in [3.05, 3.63) is 33.4 Å².